The molecule has 0 aromatic heterocycles. The van der Waals surface area contributed by atoms with E-state index in [9.17, 15) is 0 Å². The fourth-order valence-electron chi connectivity index (χ4n) is 11.8. The molecule has 0 amide bonds. The van der Waals surface area contributed by atoms with Crippen LogP contribution in [0.3, 0.4) is 0 Å². The highest BCUT2D eigenvalue weighted by Crippen LogP contribution is 2.43. The number of halogens is 13. The maximum absolute atomic E-state index is 6.55. The van der Waals surface area contributed by atoms with Crippen LogP contribution in [0.25, 0.3) is 0 Å². The molecule has 628 valence electrons. The van der Waals surface area contributed by atoms with Gasteiger partial charge in [-0.3, -0.25) is 0 Å². The van der Waals surface area contributed by atoms with Crippen molar-refractivity contribution in [1.29, 1.82) is 0 Å². The molecule has 0 bridgehead atoms. The minimum Gasteiger partial charge on any atom is -0.457 e. The first-order valence-electron chi connectivity index (χ1n) is 38.4. The summed E-state index contributed by atoms with van der Waals surface area (Å²) in [7, 11) is 0. The number of hydrogen-bond acceptors (Lipinski definition) is 10. The Morgan fingerprint density at radius 1 is 0.152 bits per heavy atom. The van der Waals surface area contributed by atoms with Gasteiger partial charge in [-0.05, 0) is 559 Å². The zero-order chi connectivity index (χ0) is 87.6. The van der Waals surface area contributed by atoms with Gasteiger partial charge in [-0.2, -0.15) is 0 Å². The fourth-order valence-corrected chi connectivity index (χ4v) is 23.5. The van der Waals surface area contributed by atoms with E-state index in [0.29, 0.717) is 46.0 Å². The molecule has 0 unspecified atom stereocenters. The minimum atomic E-state index is -0.642. The molecule has 16 aromatic rings. The second-order valence-corrected chi connectivity index (χ2v) is 48.8. The topological polar surface area (TPSA) is 92.3 Å². The molecule has 0 saturated heterocycles. The van der Waals surface area contributed by atoms with E-state index >= 15 is 0 Å². The third-order valence-electron chi connectivity index (χ3n) is 18.4. The smallest absolute Gasteiger partial charge is 0.358 e. The average molecular weight is 3110 g/mol. The molecule has 0 aliphatic rings. The average Bonchev–Trinajstić information content (AvgIpc) is 0.799. The summed E-state index contributed by atoms with van der Waals surface area (Å²) in [5.74, 6) is 15.1. The minimum absolute atomic E-state index is 0.374. The molecule has 23 heteroatoms. The molecule has 0 fully saturated rings. The molecule has 0 aliphatic carbocycles. The van der Waals surface area contributed by atoms with E-state index in [-0.39, 0.29) is 21.2 Å². The van der Waals surface area contributed by atoms with Gasteiger partial charge < -0.3 is 47.4 Å². The predicted molar refractivity (Wildman–Crippen MR) is 572 cm³/mol. The Balaban J connectivity index is 0.000000156. The lowest BCUT2D eigenvalue weighted by Gasteiger charge is -2.16. The Bertz CT molecular complexity index is 5910. The van der Waals surface area contributed by atoms with Gasteiger partial charge in [0.2, 0.25) is 21.4 Å². The third kappa shape index (κ3) is 28.5. The molecule has 0 heterocycles. The molecule has 125 heavy (non-hydrogen) atoms. The number of aryl methyl sites for hydroxylation is 4. The molecule has 0 aliphatic heterocycles. The van der Waals surface area contributed by atoms with Crippen LogP contribution in [0.1, 0.15) is 33.4 Å². The summed E-state index contributed by atoms with van der Waals surface area (Å²) in [6.07, 6.45) is 0. The highest BCUT2D eigenvalue weighted by Gasteiger charge is 2.32. The van der Waals surface area contributed by atoms with Crippen LogP contribution in [0.2, 0.25) is 0 Å². The number of benzene rings is 16. The van der Waals surface area contributed by atoms with Crippen LogP contribution in [0.4, 0.5) is 0 Å². The van der Waals surface area contributed by atoms with Gasteiger partial charge in [0.15, 0.2) is 46.0 Å². The number of hydrogen-bond donors (Lipinski definition) is 0. The maximum Gasteiger partial charge on any atom is 0.358 e. The Kier molecular flexibility index (Phi) is 36.0. The lowest BCUT2D eigenvalue weighted by atomic mass is 10.2. The molecule has 16 aromatic carbocycles. The molecule has 0 spiro atoms. The fraction of sp³-hybridized carbons (Fsp3) is 0.0588. The van der Waals surface area contributed by atoms with Crippen molar-refractivity contribution in [2.75, 3.05) is 0 Å². The van der Waals surface area contributed by atoms with E-state index < -0.39 is 42.4 Å². The van der Waals surface area contributed by atoms with Crippen molar-refractivity contribution < 1.29 is 111 Å². The van der Waals surface area contributed by atoms with Gasteiger partial charge in [-0.15, -0.1) is 0 Å². The predicted octanol–water partition coefficient (Wildman–Crippen LogP) is 25.3. The first-order valence-corrected chi connectivity index (χ1v) is 55.7. The van der Waals surface area contributed by atoms with Gasteiger partial charge in [-0.25, -0.2) is 0 Å². The monoisotopic (exact) mass is 3110 g/mol. The van der Waals surface area contributed by atoms with E-state index in [1.807, 2.05) is 243 Å². The molecule has 10 nitrogen and oxygen atoms in total. The first kappa shape index (κ1) is 96.1. The summed E-state index contributed by atoms with van der Waals surface area (Å²) >= 11 is 21.3. The van der Waals surface area contributed by atoms with Gasteiger partial charge in [0, 0.05) is 93.3 Å². The highest BCUT2D eigenvalue weighted by atomic mass is 127. The van der Waals surface area contributed by atoms with Crippen LogP contribution < -0.4 is 111 Å². The lowest BCUT2D eigenvalue weighted by Crippen LogP contribution is -3.62. The van der Waals surface area contributed by atoms with E-state index in [4.69, 9.17) is 47.4 Å². The third-order valence-corrected chi connectivity index (χ3v) is 36.0. The lowest BCUT2D eigenvalue weighted by molar-refractivity contribution is -0.599. The van der Waals surface area contributed by atoms with Gasteiger partial charge in [0.1, 0.15) is 69.0 Å². The van der Waals surface area contributed by atoms with Crippen molar-refractivity contribution in [1.82, 2.24) is 0 Å². The molecular weight excluding hydrogens is 3030 g/mol. The standard InChI is InChI=1S/2C38H26I5O4.C26H20I3O2/c1-23-19-35(44-29-11-3-25(39)4-12-29)37(46-31-15-7-27(41)8-16-31)21-33(23)43-34-22-38(47-32-17-9-28(42)10-18-32)36(20-24(34)2)45-30-13-5-26(40)6-14-30;1-23-33(19-21-35(44-29-11-3-25(39)4-12-29)37(23)46-31-15-7-27(41)8-16-31)43-34-20-22-36(45-30-13-5-26(40)6-14-30)38(24(34)2)47-32-17-9-28(42)10-18-32;1-17-3-9-23(30-21-11-5-19(27)6-12-21)15-25(17)29-26-16-24(10-4-18(26)2)31-22-13-7-20(28)8-14-22/h2*3-22H,1-2H3;3-16H,1-2H3/q3*+1. The second kappa shape index (κ2) is 46.9. The highest BCUT2D eigenvalue weighted by molar-refractivity contribution is 14.1. The van der Waals surface area contributed by atoms with Gasteiger partial charge in [-0.1, -0.05) is 12.1 Å². The van der Waals surface area contributed by atoms with Crippen LogP contribution in [0.15, 0.2) is 328 Å². The van der Waals surface area contributed by atoms with Crippen molar-refractivity contribution in [2.45, 2.75) is 41.5 Å². The van der Waals surface area contributed by atoms with Crippen LogP contribution in [0.5, 0.6) is 115 Å². The molecule has 0 N–H and O–H groups in total. The van der Waals surface area contributed by atoms with Crippen LogP contribution in [-0.2, 0) is 0 Å². The summed E-state index contributed by atoms with van der Waals surface area (Å²) in [5, 5.41) is 0. The van der Waals surface area contributed by atoms with Gasteiger partial charge >= 0.3 is 63.6 Å². The Morgan fingerprint density at radius 3 is 0.576 bits per heavy atom. The van der Waals surface area contributed by atoms with Crippen LogP contribution >= 0.6 is 226 Å². The SMILES string of the molecule is Cc1c([I+]c2ccc(Oc3ccc(I)cc3)c(Oc3ccc(I)cc3)c2C)ccc(Oc2ccc(I)cc2)c1Oc1ccc(I)cc1.Cc1cc(Oc2ccc(I)cc2)c(Oc2ccc(I)cc2)cc1[I+]c1cc(Oc2ccc(I)cc2)c(Oc2ccc(I)cc2)cc1C.Cc1ccc(Oc2ccc(I)cc2)cc1[I+]c1cc(Oc2ccc(I)cc2)ccc1C. The number of ether oxygens (including phenoxy) is 10. The maximum atomic E-state index is 6.55. The van der Waals surface area contributed by atoms with Crippen molar-refractivity contribution >= 4 is 226 Å². The second-order valence-electron chi connectivity index (χ2n) is 27.8. The molecule has 0 atom stereocenters. The Morgan fingerprint density at radius 2 is 0.336 bits per heavy atom. The van der Waals surface area contributed by atoms with E-state index in [1.165, 1.54) is 39.7 Å². The number of rotatable bonds is 26. The van der Waals surface area contributed by atoms with Crippen LogP contribution in [-0.4, -0.2) is 0 Å². The molecule has 0 saturated carbocycles. The van der Waals surface area contributed by atoms with E-state index in [2.05, 4.69) is 352 Å². The van der Waals surface area contributed by atoms with Crippen molar-refractivity contribution in [3.8, 4) is 115 Å². The molecular formula is C102H72I13O10+3. The van der Waals surface area contributed by atoms with Gasteiger partial charge in [0.25, 0.3) is 0 Å². The largest absolute Gasteiger partial charge is 0.457 e. The van der Waals surface area contributed by atoms with E-state index in [1.54, 1.807) is 0 Å². The van der Waals surface area contributed by atoms with Crippen molar-refractivity contribution in [3.05, 3.63) is 418 Å². The summed E-state index contributed by atoms with van der Waals surface area (Å²) in [5.41, 5.74) is 6.99. The normalized spacial score (nSPS) is 10.8. The molecule has 16 rings (SSSR count). The Labute approximate surface area is 896 Å². The zero-order valence-corrected chi connectivity index (χ0v) is 95.2. The van der Waals surface area contributed by atoms with Crippen LogP contribution in [0, 0.1) is 98.7 Å². The summed E-state index contributed by atoms with van der Waals surface area (Å²) in [6.45, 7) is 12.8. The summed E-state index contributed by atoms with van der Waals surface area (Å²) in [4.78, 5) is 0. The first-order chi connectivity index (χ1) is 60.3. The van der Waals surface area contributed by atoms with Crippen molar-refractivity contribution in [3.63, 3.8) is 0 Å². The molecule has 0 radical (unpaired) electrons. The van der Waals surface area contributed by atoms with Gasteiger partial charge in [0.05, 0.1) is 0 Å². The summed E-state index contributed by atoms with van der Waals surface area (Å²) < 4.78 is 83.0. The zero-order valence-electron chi connectivity index (χ0n) is 67.2. The van der Waals surface area contributed by atoms with Crippen molar-refractivity contribution in [2.24, 2.45) is 0 Å². The van der Waals surface area contributed by atoms with E-state index in [0.717, 1.165) is 120 Å². The quantitative estimate of drug-likeness (QED) is 0.0488. The Hall–Kier alpha value is -4.99. The summed E-state index contributed by atoms with van der Waals surface area (Å²) in [6, 6.07) is 110.